The molecule has 4 atom stereocenters. The van der Waals surface area contributed by atoms with Crippen molar-refractivity contribution in [3.05, 3.63) is 54.1 Å². The Bertz CT molecular complexity index is 1230. The van der Waals surface area contributed by atoms with Gasteiger partial charge < -0.3 is 29.6 Å². The van der Waals surface area contributed by atoms with Crippen molar-refractivity contribution in [2.45, 2.75) is 102 Å². The molecule has 1 aliphatic carbocycles. The number of amides is 3. The van der Waals surface area contributed by atoms with E-state index in [2.05, 4.69) is 29.1 Å². The summed E-state index contributed by atoms with van der Waals surface area (Å²) in [6, 6.07) is 7.89. The smallest absolute Gasteiger partial charge is 0.410 e. The zero-order valence-corrected chi connectivity index (χ0v) is 29.0. The molecule has 3 N–H and O–H groups in total. The quantitative estimate of drug-likeness (QED) is 0.244. The Labute approximate surface area is 282 Å². The highest BCUT2D eigenvalue weighted by Crippen LogP contribution is 2.29. The Morgan fingerprint density at radius 2 is 1.81 bits per heavy atom. The van der Waals surface area contributed by atoms with Crippen LogP contribution >= 0.6 is 0 Å². The second-order valence-electron chi connectivity index (χ2n) is 13.5. The molecule has 0 radical (unpaired) electrons. The molecule has 3 amide bonds. The van der Waals surface area contributed by atoms with E-state index in [9.17, 15) is 24.0 Å². The Morgan fingerprint density at radius 3 is 2.45 bits per heavy atom. The normalized spacial score (nSPS) is 18.7. The minimum absolute atomic E-state index is 0.129. The van der Waals surface area contributed by atoms with Crippen molar-refractivity contribution in [1.29, 1.82) is 0 Å². The Kier molecular flexibility index (Phi) is 14.4. The van der Waals surface area contributed by atoms with Gasteiger partial charge in [0.2, 0.25) is 5.91 Å². The van der Waals surface area contributed by atoms with Crippen molar-refractivity contribution in [3.63, 3.8) is 0 Å². The van der Waals surface area contributed by atoms with Gasteiger partial charge in [0.05, 0.1) is 37.3 Å². The second kappa shape index (κ2) is 18.5. The van der Waals surface area contributed by atoms with Crippen molar-refractivity contribution < 1.29 is 28.8 Å². The summed E-state index contributed by atoms with van der Waals surface area (Å²) in [5.41, 5.74) is 1.41. The number of ether oxygens (including phenoxy) is 1. The number of aromatic nitrogens is 2. The summed E-state index contributed by atoms with van der Waals surface area (Å²) >= 11 is -0.976. The van der Waals surface area contributed by atoms with Crippen LogP contribution in [0.25, 0.3) is 0 Å². The van der Waals surface area contributed by atoms with E-state index in [0.717, 1.165) is 37.7 Å². The lowest BCUT2D eigenvalue weighted by Crippen LogP contribution is -2.56. The van der Waals surface area contributed by atoms with E-state index in [4.69, 9.17) is 4.74 Å². The fraction of sp³-hybridized carbons (Fsp3) is 0.657. The third kappa shape index (κ3) is 11.5. The van der Waals surface area contributed by atoms with Gasteiger partial charge in [-0.05, 0) is 36.7 Å². The van der Waals surface area contributed by atoms with Gasteiger partial charge in [-0.1, -0.05) is 87.5 Å². The van der Waals surface area contributed by atoms with Crippen molar-refractivity contribution in [1.82, 2.24) is 25.1 Å². The number of benzene rings is 1. The molecule has 0 bridgehead atoms. The van der Waals surface area contributed by atoms with Crippen molar-refractivity contribution in [3.8, 4) is 0 Å². The topological polar surface area (TPSA) is 151 Å². The molecule has 0 spiro atoms. The number of imidazole rings is 1. The number of H-pyrrole nitrogens is 1. The summed E-state index contributed by atoms with van der Waals surface area (Å²) in [6.45, 7) is 4.82. The summed E-state index contributed by atoms with van der Waals surface area (Å²) in [7, 11) is 1.56. The lowest BCUT2D eigenvalue weighted by Gasteiger charge is -2.35. The van der Waals surface area contributed by atoms with E-state index in [1.807, 2.05) is 30.3 Å². The Balaban J connectivity index is 1.55. The number of aromatic amines is 1. The molecule has 1 saturated heterocycles. The van der Waals surface area contributed by atoms with E-state index in [-0.39, 0.29) is 18.7 Å². The lowest BCUT2D eigenvalue weighted by atomic mass is 9.83. The van der Waals surface area contributed by atoms with Crippen LogP contribution < -0.4 is 5.32 Å². The van der Waals surface area contributed by atoms with E-state index >= 15 is 0 Å². The monoisotopic (exact) mass is 671 g/mol. The molecule has 2 heterocycles. The molecule has 260 valence electrons. The summed E-state index contributed by atoms with van der Waals surface area (Å²) < 4.78 is 17.7. The van der Waals surface area contributed by atoms with Gasteiger partial charge in [-0.25, -0.2) is 9.78 Å². The molecule has 12 heteroatoms. The number of carbonyl (C=O) groups excluding carboxylic acids is 3. The molecule has 2 fully saturated rings. The molecule has 1 aliphatic heterocycles. The van der Waals surface area contributed by atoms with Gasteiger partial charge in [0.1, 0.15) is 17.5 Å². The molecular formula is C35H53N5O6S. The first-order chi connectivity index (χ1) is 22.6. The van der Waals surface area contributed by atoms with Gasteiger partial charge in [0.25, 0.3) is 5.91 Å². The summed E-state index contributed by atoms with van der Waals surface area (Å²) in [5, 5.41) is 14.5. The van der Waals surface area contributed by atoms with E-state index in [1.54, 1.807) is 13.2 Å². The van der Waals surface area contributed by atoms with Crippen molar-refractivity contribution in [2.75, 3.05) is 31.6 Å². The standard InChI is InChI=1S/C35H53N5O6S/c1-25(2)14-15-31(41)29(20-26-10-6-4-7-11-26)38-33(42)30(22-28-23-36-24-37-28)39(3)34(43)32(21-27-12-8-5-9-13-27)46-35(44)40-16-18-47(45)19-17-40/h5,8-9,12-13,23-26,29-32,41H,4,6-7,10-11,14-22H2,1-3H3,(H,36,37)(H,38,42)/t29?,30-,31?,32?/m0/s1. The first-order valence-electron chi connectivity index (χ1n) is 17.2. The zero-order chi connectivity index (χ0) is 33.8. The van der Waals surface area contributed by atoms with Crippen molar-refractivity contribution in [2.24, 2.45) is 11.8 Å². The molecule has 1 aromatic carbocycles. The average Bonchev–Trinajstić information content (AvgIpc) is 3.59. The van der Waals surface area contributed by atoms with Crippen LogP contribution in [-0.2, 0) is 38.3 Å². The highest BCUT2D eigenvalue weighted by molar-refractivity contribution is 7.91. The zero-order valence-electron chi connectivity index (χ0n) is 28.1. The van der Waals surface area contributed by atoms with Crippen LogP contribution in [0.3, 0.4) is 0 Å². The van der Waals surface area contributed by atoms with Gasteiger partial charge in [0, 0.05) is 26.1 Å². The fourth-order valence-electron chi connectivity index (χ4n) is 6.49. The molecule has 1 saturated carbocycles. The number of aliphatic hydroxyl groups excluding tert-OH is 1. The van der Waals surface area contributed by atoms with Crippen LogP contribution in [0.1, 0.15) is 76.5 Å². The number of hydrogen-bond acceptors (Lipinski definition) is 7. The summed E-state index contributed by atoms with van der Waals surface area (Å²) in [6.07, 6.45) is 8.75. The molecule has 3 unspecified atom stereocenters. The van der Waals surface area contributed by atoms with E-state index in [0.29, 0.717) is 55.0 Å². The highest BCUT2D eigenvalue weighted by atomic mass is 32.2. The molecule has 2 aromatic rings. The average molecular weight is 672 g/mol. The highest BCUT2D eigenvalue weighted by Gasteiger charge is 2.37. The van der Waals surface area contributed by atoms with E-state index < -0.39 is 47.5 Å². The van der Waals surface area contributed by atoms with Gasteiger partial charge in [0.15, 0.2) is 6.10 Å². The largest absolute Gasteiger partial charge is 0.616 e. The predicted molar refractivity (Wildman–Crippen MR) is 182 cm³/mol. The molecule has 4 rings (SSSR count). The maximum atomic E-state index is 14.2. The first-order valence-corrected chi connectivity index (χ1v) is 18.7. The number of carbonyl (C=O) groups is 3. The number of aliphatic hydroxyl groups is 1. The third-order valence-electron chi connectivity index (χ3n) is 9.44. The van der Waals surface area contributed by atoms with Crippen LogP contribution in [0.2, 0.25) is 0 Å². The minimum Gasteiger partial charge on any atom is -0.616 e. The number of nitrogens with one attached hydrogen (secondary N) is 2. The van der Waals surface area contributed by atoms with Crippen LogP contribution in [-0.4, -0.2) is 103 Å². The Hall–Kier alpha value is -3.09. The third-order valence-corrected chi connectivity index (χ3v) is 10.7. The molecule has 2 aliphatic rings. The van der Waals surface area contributed by atoms with Crippen LogP contribution in [0.15, 0.2) is 42.9 Å². The Morgan fingerprint density at radius 1 is 1.11 bits per heavy atom. The summed E-state index contributed by atoms with van der Waals surface area (Å²) in [4.78, 5) is 51.7. The first kappa shape index (κ1) is 36.7. The van der Waals surface area contributed by atoms with Crippen LogP contribution in [0, 0.1) is 11.8 Å². The minimum atomic E-state index is -1.19. The van der Waals surface area contributed by atoms with Crippen LogP contribution in [0.5, 0.6) is 0 Å². The van der Waals surface area contributed by atoms with Gasteiger partial charge in [-0.2, -0.15) is 0 Å². The maximum absolute atomic E-state index is 14.2. The molecule has 11 nitrogen and oxygen atoms in total. The maximum Gasteiger partial charge on any atom is 0.410 e. The molecule has 1 aromatic heterocycles. The number of rotatable bonds is 15. The SMILES string of the molecule is CC(C)CCC(O)C(CC1CCCCC1)NC(=O)[C@H](Cc1c[nH]cn1)N(C)C(=O)C(Cc1ccccc1)OC(=O)N1CC[S+]([O-])CC1. The van der Waals surface area contributed by atoms with Crippen molar-refractivity contribution >= 4 is 29.1 Å². The number of hydrogen-bond donors (Lipinski definition) is 3. The molecular weight excluding hydrogens is 618 g/mol. The van der Waals surface area contributed by atoms with Crippen LogP contribution in [0.4, 0.5) is 4.79 Å². The lowest BCUT2D eigenvalue weighted by molar-refractivity contribution is -0.146. The number of likely N-dealkylation sites (N-methyl/N-ethyl adjacent to an activating group) is 1. The second-order valence-corrected chi connectivity index (χ2v) is 15.2. The van der Waals surface area contributed by atoms with Gasteiger partial charge in [-0.3, -0.25) is 14.5 Å². The summed E-state index contributed by atoms with van der Waals surface area (Å²) in [5.74, 6) is 0.683. The predicted octanol–water partition coefficient (Wildman–Crippen LogP) is 3.84. The molecule has 47 heavy (non-hydrogen) atoms. The van der Waals surface area contributed by atoms with Gasteiger partial charge >= 0.3 is 6.09 Å². The van der Waals surface area contributed by atoms with E-state index in [1.165, 1.54) is 22.5 Å². The fourth-order valence-corrected chi connectivity index (χ4v) is 7.54. The number of nitrogens with zero attached hydrogens (tertiary/aromatic N) is 3. The van der Waals surface area contributed by atoms with Gasteiger partial charge in [-0.15, -0.1) is 0 Å².